The van der Waals surface area contributed by atoms with Crippen molar-refractivity contribution in [2.45, 2.75) is 77.5 Å². The number of methoxy groups -OCH3 is 2. The molecular weight excluding hydrogens is 360 g/mol. The van der Waals surface area contributed by atoms with E-state index in [9.17, 15) is 15.0 Å². The second-order valence-corrected chi connectivity index (χ2v) is 9.77. The highest BCUT2D eigenvalue weighted by atomic mass is 16.6. The number of ether oxygens (including phenoxy) is 3. The Kier molecular flexibility index (Phi) is 4.93. The van der Waals surface area contributed by atoms with Gasteiger partial charge in [0.15, 0.2) is 6.29 Å². The number of rotatable bonds is 4. The molecule has 0 aromatic carbocycles. The van der Waals surface area contributed by atoms with Gasteiger partial charge in [-0.1, -0.05) is 26.3 Å². The normalized spacial score (nSPS) is 47.8. The Hall–Kier alpha value is -0.950. The Balaban J connectivity index is 1.89. The molecule has 158 valence electrons. The molecule has 6 heteroatoms. The molecule has 0 aromatic heterocycles. The van der Waals surface area contributed by atoms with E-state index in [-0.39, 0.29) is 35.6 Å². The van der Waals surface area contributed by atoms with Crippen LogP contribution in [0.15, 0.2) is 11.1 Å². The zero-order chi connectivity index (χ0) is 20.4. The molecule has 4 rings (SSSR count). The van der Waals surface area contributed by atoms with E-state index in [0.29, 0.717) is 25.2 Å². The summed E-state index contributed by atoms with van der Waals surface area (Å²) in [4.78, 5) is 12.5. The number of hydrogen-bond acceptors (Lipinski definition) is 5. The van der Waals surface area contributed by atoms with Crippen molar-refractivity contribution in [1.82, 2.24) is 0 Å². The Morgan fingerprint density at radius 2 is 1.93 bits per heavy atom. The SMILES string of the molecule is CO[C@H]1[C@@H]2C(O)O[C@H]1[C@]1(C)CC[C@@]3(C(=O)O)CCC(C(C)C)=C3[C@H]1C[C@H]2OC. The van der Waals surface area contributed by atoms with Crippen molar-refractivity contribution in [3.05, 3.63) is 11.1 Å². The first-order valence-corrected chi connectivity index (χ1v) is 10.6. The molecule has 3 aliphatic carbocycles. The van der Waals surface area contributed by atoms with E-state index >= 15 is 0 Å². The van der Waals surface area contributed by atoms with Gasteiger partial charge in [0.05, 0.1) is 29.6 Å². The van der Waals surface area contributed by atoms with Crippen LogP contribution in [0.5, 0.6) is 0 Å². The summed E-state index contributed by atoms with van der Waals surface area (Å²) in [5, 5.41) is 20.9. The Morgan fingerprint density at radius 3 is 2.50 bits per heavy atom. The summed E-state index contributed by atoms with van der Waals surface area (Å²) in [5.41, 5.74) is 1.39. The molecule has 0 radical (unpaired) electrons. The highest BCUT2D eigenvalue weighted by molar-refractivity contribution is 5.81. The van der Waals surface area contributed by atoms with Gasteiger partial charge in [-0.15, -0.1) is 0 Å². The summed E-state index contributed by atoms with van der Waals surface area (Å²) in [6.45, 7) is 6.54. The third kappa shape index (κ3) is 2.51. The molecule has 3 fully saturated rings. The first-order chi connectivity index (χ1) is 13.2. The molecule has 2 bridgehead atoms. The van der Waals surface area contributed by atoms with Crippen molar-refractivity contribution in [3.8, 4) is 0 Å². The van der Waals surface area contributed by atoms with Crippen LogP contribution in [0.3, 0.4) is 0 Å². The minimum Gasteiger partial charge on any atom is -0.481 e. The van der Waals surface area contributed by atoms with Gasteiger partial charge in [-0.3, -0.25) is 4.79 Å². The molecule has 1 aliphatic heterocycles. The first-order valence-electron chi connectivity index (χ1n) is 10.6. The monoisotopic (exact) mass is 394 g/mol. The summed E-state index contributed by atoms with van der Waals surface area (Å²) < 4.78 is 17.8. The van der Waals surface area contributed by atoms with Crippen LogP contribution in [0.25, 0.3) is 0 Å². The highest BCUT2D eigenvalue weighted by Crippen LogP contribution is 2.65. The third-order valence-electron chi connectivity index (χ3n) is 8.44. The van der Waals surface area contributed by atoms with E-state index in [4.69, 9.17) is 14.2 Å². The number of carbonyl (C=O) groups is 1. The molecule has 2 saturated carbocycles. The van der Waals surface area contributed by atoms with Gasteiger partial charge >= 0.3 is 5.97 Å². The van der Waals surface area contributed by atoms with E-state index < -0.39 is 17.7 Å². The van der Waals surface area contributed by atoms with Crippen molar-refractivity contribution in [2.24, 2.45) is 28.6 Å². The van der Waals surface area contributed by atoms with E-state index in [2.05, 4.69) is 20.8 Å². The summed E-state index contributed by atoms with van der Waals surface area (Å²) >= 11 is 0. The zero-order valence-electron chi connectivity index (χ0n) is 17.6. The standard InChI is InChI=1S/C22H34O6/c1-11(2)12-6-7-22(20(24)25)9-8-21(3)13(16(12)22)10-14(26-4)15-17(27-5)18(21)28-19(15)23/h11,13-15,17-19,23H,6-10H2,1-5H3,(H,24,25)/t13-,14-,15-,17+,18-,19?,21-,22+/m1/s1. The van der Waals surface area contributed by atoms with Crippen molar-refractivity contribution >= 4 is 5.97 Å². The van der Waals surface area contributed by atoms with Gasteiger partial charge in [-0.2, -0.15) is 0 Å². The highest BCUT2D eigenvalue weighted by Gasteiger charge is 2.66. The predicted molar refractivity (Wildman–Crippen MR) is 103 cm³/mol. The number of aliphatic hydroxyl groups excluding tert-OH is 1. The van der Waals surface area contributed by atoms with Crippen LogP contribution < -0.4 is 0 Å². The average molecular weight is 395 g/mol. The number of fused-ring (bicyclic) bond motifs is 6. The van der Waals surface area contributed by atoms with Crippen LogP contribution in [0.2, 0.25) is 0 Å². The number of allylic oxidation sites excluding steroid dienone is 1. The topological polar surface area (TPSA) is 85.2 Å². The number of aliphatic hydroxyl groups is 1. The minimum absolute atomic E-state index is 0.0577. The van der Waals surface area contributed by atoms with Crippen molar-refractivity contribution in [3.63, 3.8) is 0 Å². The summed E-state index contributed by atoms with van der Waals surface area (Å²) in [5.74, 6) is -0.564. The van der Waals surface area contributed by atoms with Crippen LogP contribution in [0.1, 0.15) is 52.9 Å². The Bertz CT molecular complexity index is 687. The van der Waals surface area contributed by atoms with Gasteiger partial charge in [0.2, 0.25) is 0 Å². The molecule has 4 aliphatic rings. The van der Waals surface area contributed by atoms with Crippen LogP contribution in [-0.4, -0.2) is 55.0 Å². The molecule has 6 nitrogen and oxygen atoms in total. The van der Waals surface area contributed by atoms with Crippen LogP contribution >= 0.6 is 0 Å². The molecular formula is C22H34O6. The van der Waals surface area contributed by atoms with Gasteiger partial charge < -0.3 is 24.4 Å². The van der Waals surface area contributed by atoms with Gasteiger partial charge in [-0.25, -0.2) is 0 Å². The lowest BCUT2D eigenvalue weighted by atomic mass is 9.53. The second kappa shape index (κ2) is 6.79. The summed E-state index contributed by atoms with van der Waals surface area (Å²) in [7, 11) is 3.33. The summed E-state index contributed by atoms with van der Waals surface area (Å²) in [6, 6.07) is 0. The van der Waals surface area contributed by atoms with E-state index in [0.717, 1.165) is 18.4 Å². The van der Waals surface area contributed by atoms with Crippen molar-refractivity contribution < 1.29 is 29.2 Å². The van der Waals surface area contributed by atoms with Crippen LogP contribution in [-0.2, 0) is 19.0 Å². The fourth-order valence-electron chi connectivity index (χ4n) is 6.92. The van der Waals surface area contributed by atoms with Crippen molar-refractivity contribution in [1.29, 1.82) is 0 Å². The third-order valence-corrected chi connectivity index (χ3v) is 8.44. The van der Waals surface area contributed by atoms with E-state index in [1.54, 1.807) is 14.2 Å². The Morgan fingerprint density at radius 1 is 1.21 bits per heavy atom. The van der Waals surface area contributed by atoms with Gasteiger partial charge in [0.25, 0.3) is 0 Å². The average Bonchev–Trinajstić information content (AvgIpc) is 3.17. The maximum Gasteiger partial charge on any atom is 0.313 e. The fraction of sp³-hybridized carbons (Fsp3) is 0.864. The molecule has 8 atom stereocenters. The van der Waals surface area contributed by atoms with Crippen LogP contribution in [0.4, 0.5) is 0 Å². The molecule has 1 unspecified atom stereocenters. The predicted octanol–water partition coefficient (Wildman–Crippen LogP) is 2.99. The lowest BCUT2D eigenvalue weighted by Gasteiger charge is -2.52. The van der Waals surface area contributed by atoms with Crippen LogP contribution in [0, 0.1) is 28.6 Å². The Labute approximate surface area is 167 Å². The quantitative estimate of drug-likeness (QED) is 0.713. The second-order valence-electron chi connectivity index (χ2n) is 9.77. The largest absolute Gasteiger partial charge is 0.481 e. The molecule has 2 N–H and O–H groups in total. The number of carboxylic acid groups (broad SMARTS) is 1. The van der Waals surface area contributed by atoms with Gasteiger partial charge in [0, 0.05) is 19.6 Å². The molecule has 28 heavy (non-hydrogen) atoms. The number of hydrogen-bond donors (Lipinski definition) is 2. The first kappa shape index (κ1) is 20.3. The van der Waals surface area contributed by atoms with Gasteiger partial charge in [0.1, 0.15) is 0 Å². The number of aliphatic carboxylic acids is 1. The zero-order valence-corrected chi connectivity index (χ0v) is 17.6. The molecule has 0 spiro atoms. The maximum absolute atomic E-state index is 12.5. The lowest BCUT2D eigenvalue weighted by Crippen LogP contribution is -2.52. The number of carboxylic acids is 1. The molecule has 0 aromatic rings. The van der Waals surface area contributed by atoms with E-state index in [1.807, 2.05) is 0 Å². The lowest BCUT2D eigenvalue weighted by molar-refractivity contribution is -0.184. The maximum atomic E-state index is 12.5. The van der Waals surface area contributed by atoms with E-state index in [1.165, 1.54) is 5.57 Å². The minimum atomic E-state index is -0.911. The summed E-state index contributed by atoms with van der Waals surface area (Å²) in [6.07, 6.45) is 1.96. The van der Waals surface area contributed by atoms with Gasteiger partial charge in [-0.05, 0) is 49.5 Å². The molecule has 0 amide bonds. The molecule has 1 saturated heterocycles. The fourth-order valence-corrected chi connectivity index (χ4v) is 6.92. The molecule has 1 heterocycles. The smallest absolute Gasteiger partial charge is 0.313 e. The van der Waals surface area contributed by atoms with Crippen molar-refractivity contribution in [2.75, 3.05) is 14.2 Å².